The average Bonchev–Trinajstić information content (AvgIpc) is 3.00. The molecule has 3 nitrogen and oxygen atoms in total. The molecule has 0 radical (unpaired) electrons. The van der Waals surface area contributed by atoms with Crippen molar-refractivity contribution in [3.63, 3.8) is 0 Å². The molecule has 21 heavy (non-hydrogen) atoms. The van der Waals surface area contributed by atoms with Gasteiger partial charge in [-0.15, -0.1) is 0 Å². The Morgan fingerprint density at radius 2 is 2.05 bits per heavy atom. The topological polar surface area (TPSA) is 30.5 Å². The molecule has 2 aliphatic rings. The first-order valence-electron chi connectivity index (χ1n) is 8.22. The van der Waals surface area contributed by atoms with E-state index >= 15 is 0 Å². The van der Waals surface area contributed by atoms with Crippen LogP contribution in [0.3, 0.4) is 0 Å². The second kappa shape index (κ2) is 5.88. The SMILES string of the molecule is CCOC1CC(Nc2ccc(C)cc2OC)C12CCCC2. The van der Waals surface area contributed by atoms with Crippen molar-refractivity contribution in [1.29, 1.82) is 0 Å². The van der Waals surface area contributed by atoms with Crippen molar-refractivity contribution in [2.24, 2.45) is 5.41 Å². The number of ether oxygens (including phenoxy) is 2. The summed E-state index contributed by atoms with van der Waals surface area (Å²) in [4.78, 5) is 0. The average molecular weight is 289 g/mol. The molecule has 2 saturated carbocycles. The lowest BCUT2D eigenvalue weighted by Crippen LogP contribution is -2.60. The van der Waals surface area contributed by atoms with E-state index in [0.29, 0.717) is 17.6 Å². The molecular formula is C18H27NO2. The number of anilines is 1. The summed E-state index contributed by atoms with van der Waals surface area (Å²) < 4.78 is 11.5. The largest absolute Gasteiger partial charge is 0.495 e. The maximum Gasteiger partial charge on any atom is 0.142 e. The molecule has 1 aromatic rings. The molecule has 1 N–H and O–H groups in total. The molecule has 1 aromatic carbocycles. The van der Waals surface area contributed by atoms with Crippen LogP contribution in [0.4, 0.5) is 5.69 Å². The normalized spacial score (nSPS) is 26.6. The number of aryl methyl sites for hydroxylation is 1. The summed E-state index contributed by atoms with van der Waals surface area (Å²) in [6.07, 6.45) is 6.83. The third-order valence-electron chi connectivity index (χ3n) is 5.37. The van der Waals surface area contributed by atoms with Crippen LogP contribution in [0.5, 0.6) is 5.75 Å². The number of nitrogens with one attached hydrogen (secondary N) is 1. The molecule has 2 unspecified atom stereocenters. The van der Waals surface area contributed by atoms with Crippen LogP contribution in [0, 0.1) is 12.3 Å². The molecule has 0 amide bonds. The Morgan fingerprint density at radius 3 is 2.71 bits per heavy atom. The predicted octanol–water partition coefficient (Wildman–Crippen LogP) is 4.15. The molecular weight excluding hydrogens is 262 g/mol. The van der Waals surface area contributed by atoms with Gasteiger partial charge in [0.2, 0.25) is 0 Å². The van der Waals surface area contributed by atoms with Crippen molar-refractivity contribution in [3.8, 4) is 5.75 Å². The minimum atomic E-state index is 0.353. The smallest absolute Gasteiger partial charge is 0.142 e. The summed E-state index contributed by atoms with van der Waals surface area (Å²) in [5.74, 6) is 0.947. The van der Waals surface area contributed by atoms with Crippen molar-refractivity contribution in [2.45, 2.75) is 58.1 Å². The van der Waals surface area contributed by atoms with E-state index in [9.17, 15) is 0 Å². The summed E-state index contributed by atoms with van der Waals surface area (Å²) in [6, 6.07) is 6.91. The lowest BCUT2D eigenvalue weighted by atomic mass is 9.60. The molecule has 3 heteroatoms. The van der Waals surface area contributed by atoms with Gasteiger partial charge in [-0.25, -0.2) is 0 Å². The Balaban J connectivity index is 1.76. The van der Waals surface area contributed by atoms with Crippen LogP contribution in [-0.2, 0) is 4.74 Å². The van der Waals surface area contributed by atoms with Crippen molar-refractivity contribution in [1.82, 2.24) is 0 Å². The van der Waals surface area contributed by atoms with Gasteiger partial charge in [-0.05, 0) is 50.8 Å². The lowest BCUT2D eigenvalue weighted by Gasteiger charge is -2.54. The quantitative estimate of drug-likeness (QED) is 0.883. The van der Waals surface area contributed by atoms with Crippen LogP contribution in [0.2, 0.25) is 0 Å². The molecule has 2 fully saturated rings. The molecule has 0 aromatic heterocycles. The highest BCUT2D eigenvalue weighted by atomic mass is 16.5. The van der Waals surface area contributed by atoms with E-state index in [0.717, 1.165) is 24.5 Å². The zero-order chi connectivity index (χ0) is 14.9. The van der Waals surface area contributed by atoms with E-state index in [1.165, 1.54) is 31.2 Å². The van der Waals surface area contributed by atoms with Crippen LogP contribution in [0.25, 0.3) is 0 Å². The number of hydrogen-bond donors (Lipinski definition) is 1. The first-order valence-corrected chi connectivity index (χ1v) is 8.22. The van der Waals surface area contributed by atoms with Gasteiger partial charge in [0, 0.05) is 18.1 Å². The fourth-order valence-corrected chi connectivity index (χ4v) is 4.19. The van der Waals surface area contributed by atoms with Gasteiger partial charge in [-0.2, -0.15) is 0 Å². The van der Waals surface area contributed by atoms with Gasteiger partial charge in [0.05, 0.1) is 18.9 Å². The lowest BCUT2D eigenvalue weighted by molar-refractivity contribution is -0.114. The van der Waals surface area contributed by atoms with Gasteiger partial charge in [0.1, 0.15) is 5.75 Å². The van der Waals surface area contributed by atoms with Crippen LogP contribution >= 0.6 is 0 Å². The molecule has 0 bridgehead atoms. The number of benzene rings is 1. The van der Waals surface area contributed by atoms with Crippen LogP contribution in [0.1, 0.15) is 44.6 Å². The van der Waals surface area contributed by atoms with Gasteiger partial charge in [0.25, 0.3) is 0 Å². The monoisotopic (exact) mass is 289 g/mol. The Labute approximate surface area is 128 Å². The van der Waals surface area contributed by atoms with E-state index in [4.69, 9.17) is 9.47 Å². The van der Waals surface area contributed by atoms with Crippen molar-refractivity contribution < 1.29 is 9.47 Å². The van der Waals surface area contributed by atoms with E-state index in [-0.39, 0.29) is 0 Å². The van der Waals surface area contributed by atoms with Crippen molar-refractivity contribution in [3.05, 3.63) is 23.8 Å². The summed E-state index contributed by atoms with van der Waals surface area (Å²) in [7, 11) is 1.75. The Kier molecular flexibility index (Phi) is 4.12. The second-order valence-electron chi connectivity index (χ2n) is 6.52. The van der Waals surface area contributed by atoms with Gasteiger partial charge in [0.15, 0.2) is 0 Å². The van der Waals surface area contributed by atoms with Crippen LogP contribution in [0.15, 0.2) is 18.2 Å². The molecule has 2 aliphatic carbocycles. The minimum absolute atomic E-state index is 0.353. The highest BCUT2D eigenvalue weighted by molar-refractivity contribution is 5.59. The maximum absolute atomic E-state index is 5.99. The summed E-state index contributed by atoms with van der Waals surface area (Å²) >= 11 is 0. The van der Waals surface area contributed by atoms with E-state index in [1.54, 1.807) is 7.11 Å². The van der Waals surface area contributed by atoms with Gasteiger partial charge in [-0.1, -0.05) is 18.9 Å². The maximum atomic E-state index is 5.99. The number of methoxy groups -OCH3 is 1. The molecule has 0 saturated heterocycles. The third-order valence-corrected chi connectivity index (χ3v) is 5.37. The van der Waals surface area contributed by atoms with Crippen LogP contribution < -0.4 is 10.1 Å². The summed E-state index contributed by atoms with van der Waals surface area (Å²) in [6.45, 7) is 5.03. The zero-order valence-corrected chi connectivity index (χ0v) is 13.4. The molecule has 2 atom stereocenters. The second-order valence-corrected chi connectivity index (χ2v) is 6.52. The summed E-state index contributed by atoms with van der Waals surface area (Å²) in [5, 5.41) is 3.74. The van der Waals surface area contributed by atoms with Gasteiger partial charge < -0.3 is 14.8 Å². The summed E-state index contributed by atoms with van der Waals surface area (Å²) in [5.41, 5.74) is 2.70. The van der Waals surface area contributed by atoms with E-state index in [1.807, 2.05) is 0 Å². The molecule has 0 heterocycles. The Morgan fingerprint density at radius 1 is 1.29 bits per heavy atom. The van der Waals surface area contributed by atoms with Crippen LogP contribution in [-0.4, -0.2) is 25.9 Å². The fraction of sp³-hybridized carbons (Fsp3) is 0.667. The van der Waals surface area contributed by atoms with Crippen molar-refractivity contribution in [2.75, 3.05) is 19.0 Å². The van der Waals surface area contributed by atoms with E-state index < -0.39 is 0 Å². The Bertz CT molecular complexity index is 494. The molecule has 116 valence electrons. The molecule has 1 spiro atoms. The van der Waals surface area contributed by atoms with Gasteiger partial charge >= 0.3 is 0 Å². The highest BCUT2D eigenvalue weighted by Gasteiger charge is 2.56. The number of hydrogen-bond acceptors (Lipinski definition) is 3. The third kappa shape index (κ3) is 2.52. The standard InChI is InChI=1S/C18H27NO2/c1-4-21-17-12-16(18(17)9-5-6-10-18)19-14-8-7-13(2)11-15(14)20-3/h7-8,11,16-17,19H,4-6,9-10,12H2,1-3H3. The highest BCUT2D eigenvalue weighted by Crippen LogP contribution is 2.56. The predicted molar refractivity (Wildman–Crippen MR) is 86.1 cm³/mol. The first-order chi connectivity index (χ1) is 10.2. The van der Waals surface area contributed by atoms with Crippen molar-refractivity contribution >= 4 is 5.69 Å². The van der Waals surface area contributed by atoms with E-state index in [2.05, 4.69) is 37.4 Å². The first kappa shape index (κ1) is 14.7. The minimum Gasteiger partial charge on any atom is -0.495 e. The Hall–Kier alpha value is -1.22. The van der Waals surface area contributed by atoms with Gasteiger partial charge in [-0.3, -0.25) is 0 Å². The molecule has 3 rings (SSSR count). The zero-order valence-electron chi connectivity index (χ0n) is 13.4. The number of rotatable bonds is 5. The fourth-order valence-electron chi connectivity index (χ4n) is 4.19. The molecule has 0 aliphatic heterocycles.